The Morgan fingerprint density at radius 3 is 2.33 bits per heavy atom. The highest BCUT2D eigenvalue weighted by atomic mass is 35.5. The summed E-state index contributed by atoms with van der Waals surface area (Å²) in [6.07, 6.45) is 3.12. The number of alkyl halides is 1. The number of amides is 1. The van der Waals surface area contributed by atoms with Gasteiger partial charge in [-0.05, 0) is 69.4 Å². The fourth-order valence-electron chi connectivity index (χ4n) is 5.04. The van der Waals surface area contributed by atoms with Crippen LogP contribution in [0.1, 0.15) is 45.3 Å². The van der Waals surface area contributed by atoms with Gasteiger partial charge in [0.1, 0.15) is 40.4 Å². The number of fused-ring (bicyclic) bond motifs is 1. The zero-order valence-corrected chi connectivity index (χ0v) is 23.2. The molecular weight excluding hydrogens is 510 g/mol. The van der Waals surface area contributed by atoms with E-state index in [1.807, 2.05) is 59.5 Å². The Morgan fingerprint density at radius 1 is 1.03 bits per heavy atom. The van der Waals surface area contributed by atoms with Crippen molar-refractivity contribution >= 4 is 34.4 Å². The summed E-state index contributed by atoms with van der Waals surface area (Å²) in [4.78, 5) is 23.0. The number of nitrogens with zero attached hydrogens (tertiary/aromatic N) is 4. The Balaban J connectivity index is 1.52. The Labute approximate surface area is 234 Å². The molecule has 1 atom stereocenters. The first-order chi connectivity index (χ1) is 18.8. The third-order valence-electron chi connectivity index (χ3n) is 6.99. The maximum absolute atomic E-state index is 12.3. The fraction of sp³-hybridized carbons (Fsp3) is 0.323. The molecule has 4 aromatic rings. The van der Waals surface area contributed by atoms with E-state index in [2.05, 4.69) is 40.2 Å². The van der Waals surface area contributed by atoms with Crippen LogP contribution in [0.3, 0.4) is 0 Å². The summed E-state index contributed by atoms with van der Waals surface area (Å²) in [5.74, 6) is 9.10. The number of nitrogen functional groups attached to an aromatic ring is 1. The minimum absolute atomic E-state index is 0.0148. The third-order valence-corrected chi connectivity index (χ3v) is 7.18. The van der Waals surface area contributed by atoms with E-state index in [0.717, 1.165) is 52.2 Å². The van der Waals surface area contributed by atoms with Crippen molar-refractivity contribution in [1.82, 2.24) is 19.4 Å². The summed E-state index contributed by atoms with van der Waals surface area (Å²) in [7, 11) is 0. The van der Waals surface area contributed by atoms with E-state index in [0.29, 0.717) is 18.9 Å². The Hall–Kier alpha value is -4.02. The standard InChI is InChI=1S/C31H32ClN5O2/c1-20(2)37-26(14-9-22-15-17-36(18-16-22)31(38)21(3)32)27(28-29(33)34-19-35-30(28)37)23-10-12-25(13-11-23)39-24-7-5-4-6-8-24/h4-8,10-13,19-22H,15-18H2,1-3H3,(H2,33,34,35). The number of hydrogen-bond donors (Lipinski definition) is 1. The lowest BCUT2D eigenvalue weighted by atomic mass is 9.96. The Kier molecular flexibility index (Phi) is 7.76. The molecule has 1 aliphatic heterocycles. The van der Waals surface area contributed by atoms with E-state index in [1.54, 1.807) is 6.92 Å². The van der Waals surface area contributed by atoms with Crippen LogP contribution in [0.2, 0.25) is 0 Å². The maximum Gasteiger partial charge on any atom is 0.240 e. The van der Waals surface area contributed by atoms with Crippen molar-refractivity contribution in [2.24, 2.45) is 5.92 Å². The van der Waals surface area contributed by atoms with Gasteiger partial charge in [0.15, 0.2) is 0 Å². The molecule has 8 heteroatoms. The number of nitrogens with two attached hydrogens (primary N) is 1. The highest BCUT2D eigenvalue weighted by Crippen LogP contribution is 2.39. The summed E-state index contributed by atoms with van der Waals surface area (Å²) in [6.45, 7) is 7.27. The molecule has 1 unspecified atom stereocenters. The summed E-state index contributed by atoms with van der Waals surface area (Å²) < 4.78 is 8.14. The number of carbonyl (C=O) groups is 1. The zero-order valence-electron chi connectivity index (χ0n) is 22.4. The number of aromatic nitrogens is 3. The largest absolute Gasteiger partial charge is 0.457 e. The van der Waals surface area contributed by atoms with Crippen molar-refractivity contribution in [2.45, 2.75) is 45.0 Å². The van der Waals surface area contributed by atoms with Gasteiger partial charge in [0, 0.05) is 30.6 Å². The molecule has 200 valence electrons. The molecule has 1 aliphatic rings. The predicted molar refractivity (Wildman–Crippen MR) is 156 cm³/mol. The van der Waals surface area contributed by atoms with Gasteiger partial charge in [-0.15, -0.1) is 11.6 Å². The monoisotopic (exact) mass is 541 g/mol. The van der Waals surface area contributed by atoms with Crippen molar-refractivity contribution in [2.75, 3.05) is 18.8 Å². The van der Waals surface area contributed by atoms with E-state index in [1.165, 1.54) is 6.33 Å². The quantitative estimate of drug-likeness (QED) is 0.238. The Morgan fingerprint density at radius 2 is 1.69 bits per heavy atom. The molecule has 3 heterocycles. The molecule has 0 aliphatic carbocycles. The molecule has 0 saturated carbocycles. The number of piperidine rings is 1. The lowest BCUT2D eigenvalue weighted by Crippen LogP contribution is -2.41. The summed E-state index contributed by atoms with van der Waals surface area (Å²) in [6, 6.07) is 17.7. The number of carbonyl (C=O) groups excluding carboxylic acids is 1. The molecule has 1 amide bonds. The van der Waals surface area contributed by atoms with E-state index >= 15 is 0 Å². The molecular formula is C31H32ClN5O2. The van der Waals surface area contributed by atoms with Crippen molar-refractivity contribution in [3.8, 4) is 34.5 Å². The number of anilines is 1. The van der Waals surface area contributed by atoms with Gasteiger partial charge in [-0.2, -0.15) is 0 Å². The number of halogens is 1. The summed E-state index contributed by atoms with van der Waals surface area (Å²) in [5, 5.41) is 0.289. The van der Waals surface area contributed by atoms with Crippen molar-refractivity contribution in [3.05, 3.63) is 66.6 Å². The summed E-state index contributed by atoms with van der Waals surface area (Å²) in [5.41, 5.74) is 9.93. The molecule has 2 N–H and O–H groups in total. The van der Waals surface area contributed by atoms with Crippen molar-refractivity contribution in [3.63, 3.8) is 0 Å². The van der Waals surface area contributed by atoms with Gasteiger partial charge in [0.25, 0.3) is 0 Å². The number of hydrogen-bond acceptors (Lipinski definition) is 5. The second-order valence-corrected chi connectivity index (χ2v) is 10.7. The molecule has 39 heavy (non-hydrogen) atoms. The lowest BCUT2D eigenvalue weighted by Gasteiger charge is -2.30. The minimum Gasteiger partial charge on any atom is -0.457 e. The molecule has 1 saturated heterocycles. The van der Waals surface area contributed by atoms with Gasteiger partial charge in [-0.3, -0.25) is 4.79 Å². The smallest absolute Gasteiger partial charge is 0.240 e. The van der Waals surface area contributed by atoms with Gasteiger partial charge >= 0.3 is 0 Å². The van der Waals surface area contributed by atoms with E-state index in [4.69, 9.17) is 22.1 Å². The Bertz CT molecular complexity index is 1530. The van der Waals surface area contributed by atoms with Crippen molar-refractivity contribution < 1.29 is 9.53 Å². The normalized spacial score (nSPS) is 14.7. The second-order valence-electron chi connectivity index (χ2n) is 10.1. The van der Waals surface area contributed by atoms with Gasteiger partial charge in [-0.25, -0.2) is 9.97 Å². The highest BCUT2D eigenvalue weighted by Gasteiger charge is 2.26. The first kappa shape index (κ1) is 26.6. The minimum atomic E-state index is -0.506. The first-order valence-corrected chi connectivity index (χ1v) is 13.7. The number of likely N-dealkylation sites (tertiary alicyclic amines) is 1. The molecule has 2 aromatic heterocycles. The van der Waals surface area contributed by atoms with Crippen molar-refractivity contribution in [1.29, 1.82) is 0 Å². The SMILES string of the molecule is CC(Cl)C(=O)N1CCC(C#Cc2c(-c3ccc(Oc4ccccc4)cc3)c3c(N)ncnc3n2C(C)C)CC1. The molecule has 5 rings (SSSR count). The number of rotatable bonds is 5. The molecule has 7 nitrogen and oxygen atoms in total. The number of ether oxygens (including phenoxy) is 1. The summed E-state index contributed by atoms with van der Waals surface area (Å²) >= 11 is 6.01. The van der Waals surface area contributed by atoms with Gasteiger partial charge < -0.3 is 19.9 Å². The zero-order chi connectivity index (χ0) is 27.5. The predicted octanol–water partition coefficient (Wildman–Crippen LogP) is 6.27. The van der Waals surface area contributed by atoms with Gasteiger partial charge in [0.05, 0.1) is 5.39 Å². The molecule has 1 fully saturated rings. The van der Waals surface area contributed by atoms with Crippen LogP contribution in [0, 0.1) is 17.8 Å². The molecule has 0 spiro atoms. The highest BCUT2D eigenvalue weighted by molar-refractivity contribution is 6.30. The van der Waals surface area contributed by atoms with Crippen LogP contribution < -0.4 is 10.5 Å². The lowest BCUT2D eigenvalue weighted by molar-refractivity contribution is -0.131. The second kappa shape index (κ2) is 11.4. The van der Waals surface area contributed by atoms with Crippen LogP contribution in [0.5, 0.6) is 11.5 Å². The average Bonchev–Trinajstić information content (AvgIpc) is 3.28. The van der Waals surface area contributed by atoms with E-state index in [-0.39, 0.29) is 17.9 Å². The van der Waals surface area contributed by atoms with Crippen LogP contribution in [-0.4, -0.2) is 43.8 Å². The van der Waals surface area contributed by atoms with E-state index in [9.17, 15) is 4.79 Å². The molecule has 0 bridgehead atoms. The number of benzene rings is 2. The first-order valence-electron chi connectivity index (χ1n) is 13.3. The topological polar surface area (TPSA) is 86.3 Å². The van der Waals surface area contributed by atoms with Gasteiger partial charge in [0.2, 0.25) is 5.91 Å². The maximum atomic E-state index is 12.3. The van der Waals surface area contributed by atoms with Crippen LogP contribution in [0.15, 0.2) is 60.9 Å². The van der Waals surface area contributed by atoms with Gasteiger partial charge in [-0.1, -0.05) is 36.3 Å². The van der Waals surface area contributed by atoms with Crippen LogP contribution >= 0.6 is 11.6 Å². The third kappa shape index (κ3) is 5.57. The molecule has 0 radical (unpaired) electrons. The van der Waals surface area contributed by atoms with Crippen LogP contribution in [0.4, 0.5) is 5.82 Å². The van der Waals surface area contributed by atoms with E-state index < -0.39 is 5.38 Å². The number of para-hydroxylation sites is 1. The average molecular weight is 542 g/mol. The fourth-order valence-corrected chi connectivity index (χ4v) is 5.18. The van der Waals surface area contributed by atoms with Crippen LogP contribution in [-0.2, 0) is 4.79 Å². The van der Waals surface area contributed by atoms with Crippen LogP contribution in [0.25, 0.3) is 22.2 Å². The molecule has 2 aromatic carbocycles.